The number of alkyl halides is 3. The van der Waals surface area contributed by atoms with Crippen LogP contribution in [-0.4, -0.2) is 42.7 Å². The molecular formula is C28H24F3N5O4S. The summed E-state index contributed by atoms with van der Waals surface area (Å²) in [6.07, 6.45) is -4.54. The van der Waals surface area contributed by atoms with Crippen LogP contribution in [0.15, 0.2) is 77.7 Å². The summed E-state index contributed by atoms with van der Waals surface area (Å²) in [6.45, 7) is 1.69. The average molecular weight is 584 g/mol. The van der Waals surface area contributed by atoms with Crippen molar-refractivity contribution in [3.05, 3.63) is 95.3 Å². The first kappa shape index (κ1) is 28.1. The van der Waals surface area contributed by atoms with Crippen molar-refractivity contribution in [2.45, 2.75) is 31.0 Å². The van der Waals surface area contributed by atoms with Crippen LogP contribution in [0.5, 0.6) is 0 Å². The molecule has 0 radical (unpaired) electrons. The predicted octanol–water partition coefficient (Wildman–Crippen LogP) is 3.88. The Balaban J connectivity index is 1.47. The fraction of sp³-hybridized carbons (Fsp3) is 0.179. The maximum Gasteiger partial charge on any atom is 0.471 e. The predicted molar refractivity (Wildman–Crippen MR) is 145 cm³/mol. The van der Waals surface area contributed by atoms with E-state index in [1.165, 1.54) is 10.7 Å². The van der Waals surface area contributed by atoms with Crippen molar-refractivity contribution in [2.24, 2.45) is 5.14 Å². The van der Waals surface area contributed by atoms with Crippen LogP contribution in [0.25, 0.3) is 16.8 Å². The standard InChI is InChI=1S/C28H24F3N5O4S/c1-17-21-14-15-35(20-12-10-18(11-13-20)22-7-3-5-9-24(22)41(32,39)40)26(37)25(21)36(34-17)23-8-4-2-6-19(23)16-33-27(38)28(29,30)31/h2-13H,14-16H2,1H3,(H,33,38)(H2,32,39,40). The lowest BCUT2D eigenvalue weighted by Crippen LogP contribution is -2.39. The molecule has 1 aliphatic rings. The molecule has 41 heavy (non-hydrogen) atoms. The Kier molecular flexibility index (Phi) is 7.17. The number of fused-ring (bicyclic) bond motifs is 1. The smallest absolute Gasteiger partial charge is 0.344 e. The molecule has 4 aromatic rings. The van der Waals surface area contributed by atoms with Crippen LogP contribution in [0.1, 0.15) is 27.3 Å². The highest BCUT2D eigenvalue weighted by Crippen LogP contribution is 2.32. The third kappa shape index (κ3) is 5.45. The Bertz CT molecular complexity index is 1770. The Morgan fingerprint density at radius 3 is 2.37 bits per heavy atom. The highest BCUT2D eigenvalue weighted by atomic mass is 32.2. The van der Waals surface area contributed by atoms with Gasteiger partial charge in [0.15, 0.2) is 0 Å². The van der Waals surface area contributed by atoms with Crippen LogP contribution < -0.4 is 15.4 Å². The summed E-state index contributed by atoms with van der Waals surface area (Å²) in [6, 6.07) is 19.6. The molecule has 1 aromatic heterocycles. The third-order valence-electron chi connectivity index (χ3n) is 6.82. The number of nitrogens with two attached hydrogens (primary N) is 1. The van der Waals surface area contributed by atoms with Crippen molar-refractivity contribution in [3.63, 3.8) is 0 Å². The molecule has 0 saturated carbocycles. The minimum atomic E-state index is -5.02. The van der Waals surface area contributed by atoms with Crippen molar-refractivity contribution >= 4 is 27.5 Å². The van der Waals surface area contributed by atoms with E-state index in [2.05, 4.69) is 5.10 Å². The van der Waals surface area contributed by atoms with Crippen LogP contribution in [-0.2, 0) is 27.8 Å². The summed E-state index contributed by atoms with van der Waals surface area (Å²) >= 11 is 0. The number of aromatic nitrogens is 2. The lowest BCUT2D eigenvalue weighted by atomic mass is 10.0. The summed E-state index contributed by atoms with van der Waals surface area (Å²) in [7, 11) is -3.96. The Morgan fingerprint density at radius 1 is 1.02 bits per heavy atom. The first-order valence-corrected chi connectivity index (χ1v) is 14.0. The van der Waals surface area contributed by atoms with E-state index in [1.54, 1.807) is 78.6 Å². The van der Waals surface area contributed by atoms with Gasteiger partial charge in [-0.25, -0.2) is 18.2 Å². The number of aryl methyl sites for hydroxylation is 1. The van der Waals surface area contributed by atoms with Gasteiger partial charge < -0.3 is 10.2 Å². The molecule has 3 N–H and O–H groups in total. The number of amides is 2. The van der Waals surface area contributed by atoms with Gasteiger partial charge >= 0.3 is 12.1 Å². The van der Waals surface area contributed by atoms with Crippen molar-refractivity contribution in [3.8, 4) is 16.8 Å². The number of hydrogen-bond donors (Lipinski definition) is 2. The van der Waals surface area contributed by atoms with E-state index in [9.17, 15) is 31.2 Å². The van der Waals surface area contributed by atoms with E-state index in [0.29, 0.717) is 46.7 Å². The number of hydrogen-bond acceptors (Lipinski definition) is 5. The number of nitrogens with one attached hydrogen (secondary N) is 1. The number of benzene rings is 3. The molecule has 0 aliphatic carbocycles. The topological polar surface area (TPSA) is 127 Å². The van der Waals surface area contributed by atoms with Gasteiger partial charge in [-0.2, -0.15) is 18.3 Å². The second-order valence-corrected chi connectivity index (χ2v) is 11.0. The van der Waals surface area contributed by atoms with Gasteiger partial charge in [-0.15, -0.1) is 0 Å². The highest BCUT2D eigenvalue weighted by Gasteiger charge is 2.38. The molecule has 5 rings (SSSR count). The second-order valence-electron chi connectivity index (χ2n) is 9.43. The average Bonchev–Trinajstić information content (AvgIpc) is 3.28. The summed E-state index contributed by atoms with van der Waals surface area (Å²) in [5, 5.41) is 11.8. The molecule has 212 valence electrons. The van der Waals surface area contributed by atoms with Gasteiger partial charge in [0.2, 0.25) is 10.0 Å². The van der Waals surface area contributed by atoms with E-state index >= 15 is 0 Å². The van der Waals surface area contributed by atoms with Gasteiger partial charge in [-0.3, -0.25) is 9.59 Å². The first-order valence-electron chi connectivity index (χ1n) is 12.4. The number of sulfonamides is 1. The van der Waals surface area contributed by atoms with E-state index in [1.807, 2.05) is 5.32 Å². The normalized spacial score (nSPS) is 13.7. The van der Waals surface area contributed by atoms with Crippen LogP contribution in [0.4, 0.5) is 18.9 Å². The van der Waals surface area contributed by atoms with Crippen molar-refractivity contribution in [2.75, 3.05) is 11.4 Å². The summed E-state index contributed by atoms with van der Waals surface area (Å²) in [5.41, 5.74) is 3.90. The molecule has 3 aromatic carbocycles. The highest BCUT2D eigenvalue weighted by molar-refractivity contribution is 7.89. The van der Waals surface area contributed by atoms with Crippen molar-refractivity contribution in [1.82, 2.24) is 15.1 Å². The zero-order valence-electron chi connectivity index (χ0n) is 21.6. The maximum absolute atomic E-state index is 13.8. The number of anilines is 1. The molecule has 0 unspecified atom stereocenters. The number of carbonyl (C=O) groups excluding carboxylic acids is 2. The molecule has 1 aliphatic heterocycles. The van der Waals surface area contributed by atoms with E-state index in [0.717, 1.165) is 5.56 Å². The summed E-state index contributed by atoms with van der Waals surface area (Å²) in [5.74, 6) is -2.43. The Labute approximate surface area is 233 Å². The fourth-order valence-electron chi connectivity index (χ4n) is 4.87. The fourth-order valence-corrected chi connectivity index (χ4v) is 5.63. The minimum Gasteiger partial charge on any atom is -0.344 e. The van der Waals surface area contributed by atoms with Crippen molar-refractivity contribution in [1.29, 1.82) is 0 Å². The van der Waals surface area contributed by atoms with Crippen LogP contribution in [0.2, 0.25) is 0 Å². The molecule has 2 amide bonds. The molecule has 0 spiro atoms. The van der Waals surface area contributed by atoms with Gasteiger partial charge in [0, 0.05) is 29.9 Å². The first-order chi connectivity index (χ1) is 19.4. The second kappa shape index (κ2) is 10.5. The monoisotopic (exact) mass is 583 g/mol. The SMILES string of the molecule is Cc1nn(-c2ccccc2CNC(=O)C(F)(F)F)c2c1CCN(c1ccc(-c3ccccc3S(N)(=O)=O)cc1)C2=O. The number of halogens is 3. The van der Waals surface area contributed by atoms with E-state index < -0.39 is 28.7 Å². The quantitative estimate of drug-likeness (QED) is 0.356. The van der Waals surface area contributed by atoms with Crippen LogP contribution in [0, 0.1) is 6.92 Å². The summed E-state index contributed by atoms with van der Waals surface area (Å²) < 4.78 is 63.7. The molecule has 0 atom stereocenters. The van der Waals surface area contributed by atoms with Gasteiger partial charge in [0.05, 0.1) is 16.3 Å². The van der Waals surface area contributed by atoms with Gasteiger partial charge in [0.25, 0.3) is 5.91 Å². The number of para-hydroxylation sites is 1. The van der Waals surface area contributed by atoms with Gasteiger partial charge in [-0.1, -0.05) is 48.5 Å². The van der Waals surface area contributed by atoms with Gasteiger partial charge in [0.1, 0.15) is 5.69 Å². The third-order valence-corrected chi connectivity index (χ3v) is 7.79. The molecule has 0 bridgehead atoms. The zero-order valence-corrected chi connectivity index (χ0v) is 22.5. The largest absolute Gasteiger partial charge is 0.471 e. The molecule has 0 fully saturated rings. The number of nitrogens with zero attached hydrogens (tertiary/aromatic N) is 3. The van der Waals surface area contributed by atoms with Crippen LogP contribution >= 0.6 is 0 Å². The number of primary sulfonamides is 1. The summed E-state index contributed by atoms with van der Waals surface area (Å²) in [4.78, 5) is 26.8. The minimum absolute atomic E-state index is 0.0177. The van der Waals surface area contributed by atoms with E-state index in [-0.39, 0.29) is 16.5 Å². The van der Waals surface area contributed by atoms with Gasteiger partial charge in [-0.05, 0) is 48.7 Å². The maximum atomic E-state index is 13.8. The molecule has 9 nitrogen and oxygen atoms in total. The molecule has 13 heteroatoms. The lowest BCUT2D eigenvalue weighted by molar-refractivity contribution is -0.173. The van der Waals surface area contributed by atoms with Crippen molar-refractivity contribution < 1.29 is 31.2 Å². The molecule has 2 heterocycles. The zero-order chi connectivity index (χ0) is 29.5. The number of carbonyl (C=O) groups is 2. The molecule has 0 saturated heterocycles. The Hall–Kier alpha value is -4.49. The Morgan fingerprint density at radius 2 is 1.68 bits per heavy atom. The molecular weight excluding hydrogens is 559 g/mol. The number of rotatable bonds is 6. The lowest BCUT2D eigenvalue weighted by Gasteiger charge is -2.28. The van der Waals surface area contributed by atoms with Crippen LogP contribution in [0.3, 0.4) is 0 Å². The van der Waals surface area contributed by atoms with E-state index in [4.69, 9.17) is 5.14 Å².